The van der Waals surface area contributed by atoms with Crippen molar-refractivity contribution in [2.45, 2.75) is 154 Å². The molecule has 67 heavy (non-hydrogen) atoms. The molecule has 2 nitrogen and oxygen atoms in total. The van der Waals surface area contributed by atoms with E-state index in [0.717, 1.165) is 65.8 Å². The summed E-state index contributed by atoms with van der Waals surface area (Å²) in [7, 11) is 22.4. The summed E-state index contributed by atoms with van der Waals surface area (Å²) in [6.45, 7) is 29.0. The van der Waals surface area contributed by atoms with Crippen molar-refractivity contribution in [3.63, 3.8) is 0 Å². The molecule has 0 amide bonds. The Balaban J connectivity index is 1.25. The molecule has 0 bridgehead atoms. The van der Waals surface area contributed by atoms with Crippen LogP contribution in [0, 0.1) is 0 Å². The lowest BCUT2D eigenvalue weighted by atomic mass is 9.41. The average molecular weight is 886 g/mol. The summed E-state index contributed by atoms with van der Waals surface area (Å²) in [5.74, 6) is 0. The van der Waals surface area contributed by atoms with Gasteiger partial charge in [-0.15, -0.1) is 16.8 Å². The monoisotopic (exact) mass is 887 g/mol. The van der Waals surface area contributed by atoms with Crippen molar-refractivity contribution in [3.8, 4) is 11.1 Å². The Labute approximate surface area is 408 Å². The lowest BCUT2D eigenvalue weighted by Gasteiger charge is -2.50. The number of thiophene rings is 1. The summed E-state index contributed by atoms with van der Waals surface area (Å²) in [6.07, 6.45) is 6.84. The van der Waals surface area contributed by atoms with Crippen molar-refractivity contribution >= 4 is 118 Å². The molecular formula is C60H62B4N2S. The molecule has 7 aromatic rings. The van der Waals surface area contributed by atoms with E-state index >= 15 is 0 Å². The highest BCUT2D eigenvalue weighted by Gasteiger charge is 2.50. The molecule has 3 aliphatic carbocycles. The van der Waals surface area contributed by atoms with E-state index in [1.165, 1.54) is 76.8 Å². The van der Waals surface area contributed by atoms with E-state index < -0.39 is 0 Å². The van der Waals surface area contributed by atoms with Gasteiger partial charge in [-0.05, 0) is 169 Å². The molecule has 0 unspecified atom stereocenters. The molecule has 2 aliphatic heterocycles. The molecule has 6 aromatic carbocycles. The number of anilines is 5. The van der Waals surface area contributed by atoms with E-state index in [0.29, 0.717) is 16.4 Å². The quantitative estimate of drug-likeness (QED) is 0.160. The largest absolute Gasteiger partial charge is 0.376 e. The smallest absolute Gasteiger partial charge is 0.333 e. The SMILES string of the molecule is [B]c1c([B])c2c3c(c1[B])N(c1ccc4c(c1)C(C)(C)CCC4(C)C)c1cc4c(cc1B3N(c1ccc3c(c1)C(C)(C)CCC3(C)C)c1cc3sc5ccccc5c3cc1-2)C(C)(C)CCC4(C)C. The first-order valence-corrected chi connectivity index (χ1v) is 25.8. The maximum Gasteiger partial charge on any atom is 0.333 e. The van der Waals surface area contributed by atoms with Gasteiger partial charge in [-0.3, -0.25) is 0 Å². The van der Waals surface area contributed by atoms with Crippen LogP contribution in [0.25, 0.3) is 31.3 Å². The molecule has 5 aliphatic rings. The summed E-state index contributed by atoms with van der Waals surface area (Å²) in [4.78, 5) is 5.19. The van der Waals surface area contributed by atoms with Gasteiger partial charge in [0.2, 0.25) is 0 Å². The first-order chi connectivity index (χ1) is 31.4. The molecule has 0 saturated heterocycles. The third-order valence-electron chi connectivity index (χ3n) is 18.2. The fourth-order valence-electron chi connectivity index (χ4n) is 13.5. The van der Waals surface area contributed by atoms with E-state index in [2.05, 4.69) is 178 Å². The highest BCUT2D eigenvalue weighted by Crippen LogP contribution is 2.55. The van der Waals surface area contributed by atoms with Gasteiger partial charge in [0, 0.05) is 54.2 Å². The summed E-state index contributed by atoms with van der Waals surface area (Å²) >= 11 is 1.87. The van der Waals surface area contributed by atoms with Crippen LogP contribution >= 0.6 is 11.3 Å². The Morgan fingerprint density at radius 3 is 1.57 bits per heavy atom. The predicted octanol–water partition coefficient (Wildman–Crippen LogP) is 12.2. The normalized spacial score (nSPS) is 20.7. The number of fused-ring (bicyclic) bond motifs is 10. The Morgan fingerprint density at radius 2 is 0.970 bits per heavy atom. The van der Waals surface area contributed by atoms with Gasteiger partial charge in [-0.2, -0.15) is 0 Å². The van der Waals surface area contributed by atoms with Crippen molar-refractivity contribution in [2.24, 2.45) is 0 Å². The fraction of sp³-hybridized carbons (Fsp3) is 0.400. The van der Waals surface area contributed by atoms with Crippen molar-refractivity contribution in [1.29, 1.82) is 0 Å². The zero-order valence-corrected chi connectivity index (χ0v) is 42.8. The van der Waals surface area contributed by atoms with Crippen molar-refractivity contribution in [1.82, 2.24) is 0 Å². The van der Waals surface area contributed by atoms with Crippen LogP contribution in [0.15, 0.2) is 84.9 Å². The Morgan fingerprint density at radius 1 is 0.463 bits per heavy atom. The molecule has 0 N–H and O–H groups in total. The van der Waals surface area contributed by atoms with Gasteiger partial charge < -0.3 is 9.71 Å². The number of rotatable bonds is 2. The zero-order valence-electron chi connectivity index (χ0n) is 41.9. The van der Waals surface area contributed by atoms with Crippen LogP contribution in [0.5, 0.6) is 0 Å². The standard InChI is InChI=1S/C60H62B4N2S/c1-55(2)21-23-57(5,6)40-27-33(17-19-38(40)55)65-46-31-43-42(59(9,10)25-26-60(43,11)12)30-44(46)64-53-49(50(61)51(62)52(63)54(53)65)37-29-36-35-15-13-14-16-47(35)67-48(36)32-45(37)66(64)34-18-20-39-41(28-34)58(7,8)24-22-56(39,3)4/h13-20,27-32H,21-26H2,1-12H3. The molecule has 7 heteroatoms. The van der Waals surface area contributed by atoms with Gasteiger partial charge in [0.15, 0.2) is 0 Å². The molecule has 12 rings (SSSR count). The van der Waals surface area contributed by atoms with E-state index in [-0.39, 0.29) is 39.3 Å². The number of nitrogens with zero attached hydrogens (tertiary/aromatic N) is 2. The highest BCUT2D eigenvalue weighted by atomic mass is 32.1. The molecule has 1 aromatic heterocycles. The molecule has 0 saturated carbocycles. The van der Waals surface area contributed by atoms with Gasteiger partial charge in [0.1, 0.15) is 23.5 Å². The minimum absolute atomic E-state index is 0.00815. The van der Waals surface area contributed by atoms with Crippen LogP contribution in [-0.2, 0) is 32.5 Å². The summed E-state index contributed by atoms with van der Waals surface area (Å²) in [6, 6.07) is 33.6. The second-order valence-corrected chi connectivity index (χ2v) is 26.3. The summed E-state index contributed by atoms with van der Waals surface area (Å²) < 4.78 is 2.54. The van der Waals surface area contributed by atoms with Crippen LogP contribution in [0.1, 0.15) is 155 Å². The first kappa shape index (κ1) is 43.7. The first-order valence-electron chi connectivity index (χ1n) is 25.0. The average Bonchev–Trinajstić information content (AvgIpc) is 3.65. The molecule has 0 spiro atoms. The maximum absolute atomic E-state index is 7.61. The molecule has 0 fully saturated rings. The minimum atomic E-state index is -0.252. The van der Waals surface area contributed by atoms with Crippen molar-refractivity contribution < 1.29 is 0 Å². The Kier molecular flexibility index (Phi) is 8.99. The van der Waals surface area contributed by atoms with E-state index in [1.807, 2.05) is 11.3 Å². The van der Waals surface area contributed by atoms with Crippen molar-refractivity contribution in [3.05, 3.63) is 118 Å². The maximum atomic E-state index is 7.61. The third-order valence-corrected chi connectivity index (χ3v) is 19.3. The Hall–Kier alpha value is -4.60. The molecular weight excluding hydrogens is 824 g/mol. The van der Waals surface area contributed by atoms with E-state index in [1.54, 1.807) is 0 Å². The molecule has 0 atom stereocenters. The van der Waals surface area contributed by atoms with Gasteiger partial charge in [0.25, 0.3) is 0 Å². The second kappa shape index (κ2) is 13.8. The number of hydrogen-bond donors (Lipinski definition) is 0. The Bertz CT molecular complexity index is 3330. The van der Waals surface area contributed by atoms with E-state index in [4.69, 9.17) is 23.5 Å². The minimum Gasteiger partial charge on any atom is -0.376 e. The lowest BCUT2D eigenvalue weighted by molar-refractivity contribution is 0.332. The molecule has 330 valence electrons. The molecule has 6 radical (unpaired) electrons. The van der Waals surface area contributed by atoms with Gasteiger partial charge >= 0.3 is 6.85 Å². The van der Waals surface area contributed by atoms with Crippen LogP contribution in [-0.4, -0.2) is 30.4 Å². The van der Waals surface area contributed by atoms with Gasteiger partial charge in [-0.1, -0.05) is 130 Å². The number of hydrogen-bond acceptors (Lipinski definition) is 3. The van der Waals surface area contributed by atoms with Crippen LogP contribution in [0.3, 0.4) is 0 Å². The highest BCUT2D eigenvalue weighted by molar-refractivity contribution is 7.25. The lowest BCUT2D eigenvalue weighted by Crippen LogP contribution is -2.66. The third kappa shape index (κ3) is 6.04. The van der Waals surface area contributed by atoms with E-state index in [9.17, 15) is 0 Å². The fourth-order valence-corrected chi connectivity index (χ4v) is 14.6. The van der Waals surface area contributed by atoms with Gasteiger partial charge in [0.05, 0.1) is 0 Å². The van der Waals surface area contributed by atoms with Crippen LogP contribution < -0.4 is 37.0 Å². The zero-order chi connectivity index (χ0) is 47.3. The second-order valence-electron chi connectivity index (χ2n) is 25.2. The summed E-state index contributed by atoms with van der Waals surface area (Å²) in [5, 5.41) is 2.50. The molecule has 3 heterocycles. The topological polar surface area (TPSA) is 6.48 Å². The number of benzene rings is 6. The summed E-state index contributed by atoms with van der Waals surface area (Å²) in [5.41, 5.74) is 20.4. The van der Waals surface area contributed by atoms with Crippen molar-refractivity contribution in [2.75, 3.05) is 9.71 Å². The predicted molar refractivity (Wildman–Crippen MR) is 295 cm³/mol. The van der Waals surface area contributed by atoms with Crippen LogP contribution in [0.2, 0.25) is 0 Å². The van der Waals surface area contributed by atoms with Crippen LogP contribution in [0.4, 0.5) is 28.4 Å². The van der Waals surface area contributed by atoms with Gasteiger partial charge in [-0.25, -0.2) is 0 Å².